The second-order valence-corrected chi connectivity index (χ2v) is 17.8. The molecule has 2 N–H and O–H groups in total. The lowest BCUT2D eigenvalue weighted by molar-refractivity contribution is 0.0370. The fourth-order valence-corrected chi connectivity index (χ4v) is 7.00. The number of carbonyl (C=O) groups excluding carboxylic acids is 4. The number of carbonyl (C=O) groups is 4. The number of pyridine rings is 2. The van der Waals surface area contributed by atoms with Gasteiger partial charge in [-0.15, -0.1) is 0 Å². The number of morpholine rings is 1. The molecule has 1 saturated heterocycles. The maximum Gasteiger partial charge on any atom is 0.256 e. The lowest BCUT2D eigenvalue weighted by atomic mass is 9.86. The summed E-state index contributed by atoms with van der Waals surface area (Å²) in [5.74, 6) is 0.666. The first-order chi connectivity index (χ1) is 30.0. The predicted molar refractivity (Wildman–Crippen MR) is 252 cm³/mol. The highest BCUT2D eigenvalue weighted by Gasteiger charge is 2.18. The highest BCUT2D eigenvalue weighted by atomic mass is 16.5. The number of nitrogens with zero attached hydrogens (tertiary/aromatic N) is 3. The van der Waals surface area contributed by atoms with Gasteiger partial charge in [-0.3, -0.25) is 24.1 Å². The van der Waals surface area contributed by atoms with Gasteiger partial charge < -0.3 is 15.4 Å². The third kappa shape index (κ3) is 13.0. The van der Waals surface area contributed by atoms with Gasteiger partial charge in [-0.1, -0.05) is 102 Å². The van der Waals surface area contributed by atoms with Crippen molar-refractivity contribution in [1.29, 1.82) is 0 Å². The van der Waals surface area contributed by atoms with E-state index >= 15 is 0 Å². The number of rotatable bonds is 11. The molecule has 0 saturated carbocycles. The molecule has 7 rings (SSSR count). The summed E-state index contributed by atoms with van der Waals surface area (Å²) in [5, 5.41) is 5.73. The van der Waals surface area contributed by atoms with E-state index in [0.29, 0.717) is 40.3 Å². The van der Waals surface area contributed by atoms with Crippen LogP contribution in [-0.4, -0.2) is 71.1 Å². The molecule has 1 fully saturated rings. The van der Waals surface area contributed by atoms with E-state index in [4.69, 9.17) is 4.74 Å². The summed E-state index contributed by atoms with van der Waals surface area (Å²) < 4.78 is 5.37. The predicted octanol–water partition coefficient (Wildman–Crippen LogP) is 10.7. The quantitative estimate of drug-likeness (QED) is 0.123. The van der Waals surface area contributed by atoms with Gasteiger partial charge in [0, 0.05) is 60.7 Å². The fourth-order valence-electron chi connectivity index (χ4n) is 7.00. The zero-order valence-corrected chi connectivity index (χ0v) is 37.3. The molecule has 10 nitrogen and oxygen atoms in total. The number of hydrogen-bond acceptors (Lipinski definition) is 8. The average molecular weight is 844 g/mol. The van der Waals surface area contributed by atoms with E-state index in [-0.39, 0.29) is 34.2 Å². The van der Waals surface area contributed by atoms with Crippen LogP contribution < -0.4 is 10.6 Å². The molecule has 3 heterocycles. The molecule has 1 aliphatic rings. The standard InChI is InChI=1S/C29H33N3O3.C24H24N2O2/c1-29(2,3)25-9-7-21(8-10-25)28(34)31-27-20-23(11-13-30-27)22-5-4-6-24(19-22)26(33)12-14-32-15-17-35-18-16-32;1-16(27)18-6-5-7-19(14-18)20-12-13-25-22(15-20)26-23(28)17-8-10-21(11-9-17)24(2,3)4/h4-11,13,19-20H,12,14-18H2,1-3H3,(H,30,31,34);5-15H,1-4H3,(H,25,26,28). The normalized spacial score (nSPS) is 13.0. The van der Waals surface area contributed by atoms with Gasteiger partial charge >= 0.3 is 0 Å². The molecule has 0 unspecified atom stereocenters. The summed E-state index contributed by atoms with van der Waals surface area (Å²) in [6.45, 7) is 18.3. The maximum absolute atomic E-state index is 12.8. The number of ether oxygens (including phenoxy) is 1. The van der Waals surface area contributed by atoms with Gasteiger partial charge in [0.05, 0.1) is 13.2 Å². The third-order valence-corrected chi connectivity index (χ3v) is 10.9. The Labute approximate surface area is 371 Å². The van der Waals surface area contributed by atoms with Crippen molar-refractivity contribution in [2.24, 2.45) is 0 Å². The van der Waals surface area contributed by atoms with Gasteiger partial charge in [-0.05, 0) is 112 Å². The highest BCUT2D eigenvalue weighted by molar-refractivity contribution is 6.05. The van der Waals surface area contributed by atoms with Crippen molar-refractivity contribution in [3.8, 4) is 22.3 Å². The summed E-state index contributed by atoms with van der Waals surface area (Å²) in [4.78, 5) is 60.6. The van der Waals surface area contributed by atoms with Crippen molar-refractivity contribution < 1.29 is 23.9 Å². The first-order valence-electron chi connectivity index (χ1n) is 21.3. The van der Waals surface area contributed by atoms with Gasteiger partial charge in [-0.25, -0.2) is 9.97 Å². The number of Topliss-reactive ketones (excluding diaryl/α,β-unsaturated/α-hetero) is 2. The van der Waals surface area contributed by atoms with Crippen molar-refractivity contribution in [3.63, 3.8) is 0 Å². The minimum Gasteiger partial charge on any atom is -0.379 e. The monoisotopic (exact) mass is 843 g/mol. The second kappa shape index (κ2) is 20.5. The SMILES string of the molecule is CC(=O)c1cccc(-c2ccnc(NC(=O)c3ccc(C(C)(C)C)cc3)c2)c1.CC(C)(C)c1ccc(C(=O)Nc2cc(-c3cccc(C(=O)CCN4CCOCC4)c3)ccn2)cc1. The van der Waals surface area contributed by atoms with E-state index in [1.54, 1.807) is 31.5 Å². The van der Waals surface area contributed by atoms with Crippen LogP contribution in [0.25, 0.3) is 22.3 Å². The Kier molecular flexibility index (Phi) is 14.9. The molecule has 4 aromatic carbocycles. The van der Waals surface area contributed by atoms with Crippen LogP contribution in [0.15, 0.2) is 134 Å². The number of nitrogens with one attached hydrogen (secondary N) is 2. The summed E-state index contributed by atoms with van der Waals surface area (Å²) >= 11 is 0. The van der Waals surface area contributed by atoms with E-state index in [2.05, 4.69) is 67.0 Å². The molecule has 324 valence electrons. The Morgan fingerprint density at radius 1 is 0.556 bits per heavy atom. The summed E-state index contributed by atoms with van der Waals surface area (Å²) in [6, 6.07) is 37.7. The van der Waals surface area contributed by atoms with Crippen LogP contribution in [0.4, 0.5) is 11.6 Å². The van der Waals surface area contributed by atoms with Crippen LogP contribution in [0.2, 0.25) is 0 Å². The minimum absolute atomic E-state index is 0.0168. The van der Waals surface area contributed by atoms with Crippen molar-refractivity contribution >= 4 is 35.0 Å². The van der Waals surface area contributed by atoms with E-state index in [1.807, 2.05) is 109 Å². The Morgan fingerprint density at radius 3 is 1.43 bits per heavy atom. The maximum atomic E-state index is 12.8. The molecule has 0 spiro atoms. The number of anilines is 2. The van der Waals surface area contributed by atoms with Crippen LogP contribution in [0.1, 0.15) is 107 Å². The lowest BCUT2D eigenvalue weighted by Gasteiger charge is -2.26. The number of ketones is 2. The largest absolute Gasteiger partial charge is 0.379 e. The zero-order chi connectivity index (χ0) is 45.1. The van der Waals surface area contributed by atoms with Crippen molar-refractivity contribution in [1.82, 2.24) is 14.9 Å². The third-order valence-electron chi connectivity index (χ3n) is 10.9. The Bertz CT molecular complexity index is 2550. The van der Waals surface area contributed by atoms with Crippen molar-refractivity contribution in [2.45, 2.75) is 65.7 Å². The minimum atomic E-state index is -0.206. The van der Waals surface area contributed by atoms with E-state index in [9.17, 15) is 19.2 Å². The summed E-state index contributed by atoms with van der Waals surface area (Å²) in [6.07, 6.45) is 3.80. The molecule has 0 atom stereocenters. The summed E-state index contributed by atoms with van der Waals surface area (Å²) in [5.41, 5.74) is 8.52. The molecular formula is C53H57N5O5. The van der Waals surface area contributed by atoms with Gasteiger partial charge in [-0.2, -0.15) is 0 Å². The summed E-state index contributed by atoms with van der Waals surface area (Å²) in [7, 11) is 0. The zero-order valence-electron chi connectivity index (χ0n) is 37.3. The molecule has 0 radical (unpaired) electrons. The van der Waals surface area contributed by atoms with Gasteiger partial charge in [0.2, 0.25) is 0 Å². The van der Waals surface area contributed by atoms with Crippen molar-refractivity contribution in [3.05, 3.63) is 167 Å². The molecule has 0 aliphatic carbocycles. The molecule has 2 amide bonds. The van der Waals surface area contributed by atoms with Crippen LogP contribution in [0.5, 0.6) is 0 Å². The van der Waals surface area contributed by atoms with Gasteiger partial charge in [0.1, 0.15) is 11.6 Å². The molecule has 0 bridgehead atoms. The number of aromatic nitrogens is 2. The second-order valence-electron chi connectivity index (χ2n) is 17.8. The molecule has 6 aromatic rings. The average Bonchev–Trinajstić information content (AvgIpc) is 3.28. The van der Waals surface area contributed by atoms with Crippen LogP contribution in [0, 0.1) is 0 Å². The van der Waals surface area contributed by atoms with E-state index in [1.165, 1.54) is 11.1 Å². The first-order valence-corrected chi connectivity index (χ1v) is 21.3. The molecular weight excluding hydrogens is 787 g/mol. The fraction of sp³-hybridized carbons (Fsp3) is 0.283. The molecule has 63 heavy (non-hydrogen) atoms. The molecule has 10 heteroatoms. The van der Waals surface area contributed by atoms with E-state index < -0.39 is 0 Å². The Morgan fingerprint density at radius 2 is 0.984 bits per heavy atom. The van der Waals surface area contributed by atoms with Crippen LogP contribution in [-0.2, 0) is 15.6 Å². The lowest BCUT2D eigenvalue weighted by Crippen LogP contribution is -2.37. The number of amides is 2. The topological polar surface area (TPSA) is 131 Å². The first kappa shape index (κ1) is 45.9. The van der Waals surface area contributed by atoms with E-state index in [0.717, 1.165) is 55.1 Å². The van der Waals surface area contributed by atoms with Gasteiger partial charge in [0.15, 0.2) is 11.6 Å². The van der Waals surface area contributed by atoms with Gasteiger partial charge in [0.25, 0.3) is 11.8 Å². The Hall–Kier alpha value is -6.62. The van der Waals surface area contributed by atoms with Crippen LogP contribution >= 0.6 is 0 Å². The van der Waals surface area contributed by atoms with Crippen molar-refractivity contribution in [2.75, 3.05) is 43.5 Å². The number of hydrogen-bond donors (Lipinski definition) is 2. The van der Waals surface area contributed by atoms with Crippen LogP contribution in [0.3, 0.4) is 0 Å². The molecule has 2 aromatic heterocycles. The Balaban J connectivity index is 0.000000215. The molecule has 1 aliphatic heterocycles. The number of benzene rings is 4. The smallest absolute Gasteiger partial charge is 0.256 e. The highest BCUT2D eigenvalue weighted by Crippen LogP contribution is 2.27.